The van der Waals surface area contributed by atoms with Crippen molar-refractivity contribution >= 4 is 5.78 Å². The predicted octanol–water partition coefficient (Wildman–Crippen LogP) is 3.01. The largest absolute Gasteiger partial charge is 0.298 e. The van der Waals surface area contributed by atoms with Gasteiger partial charge in [-0.15, -0.1) is 0 Å². The van der Waals surface area contributed by atoms with Gasteiger partial charge >= 0.3 is 0 Å². The summed E-state index contributed by atoms with van der Waals surface area (Å²) in [5, 5.41) is 0. The normalized spacial score (nSPS) is 33.1. The second-order valence-corrected chi connectivity index (χ2v) is 5.75. The van der Waals surface area contributed by atoms with Gasteiger partial charge in [0.15, 0.2) is 0 Å². The molecule has 0 aromatic heterocycles. The van der Waals surface area contributed by atoms with Crippen LogP contribution in [0.25, 0.3) is 0 Å². The molecule has 0 radical (unpaired) electrons. The Bertz CT molecular complexity index is 235. The zero-order chi connectivity index (χ0) is 11.5. The van der Waals surface area contributed by atoms with Gasteiger partial charge in [0.2, 0.25) is 0 Å². The standard InChI is InChI=1S/C14H25NO/c1-11-6-5-7-12(2)15(11)10-14(16)13-8-3-4-9-13/h11-13H,3-10H2,1-2H3/t11-,12+. The zero-order valence-electron chi connectivity index (χ0n) is 10.7. The summed E-state index contributed by atoms with van der Waals surface area (Å²) >= 11 is 0. The minimum absolute atomic E-state index is 0.390. The van der Waals surface area contributed by atoms with Crippen molar-refractivity contribution in [2.75, 3.05) is 6.54 Å². The first-order valence-corrected chi connectivity index (χ1v) is 6.97. The van der Waals surface area contributed by atoms with Gasteiger partial charge in [0.1, 0.15) is 5.78 Å². The second kappa shape index (κ2) is 5.31. The molecule has 2 heteroatoms. The zero-order valence-corrected chi connectivity index (χ0v) is 10.7. The molecule has 1 saturated carbocycles. The van der Waals surface area contributed by atoms with Crippen LogP contribution in [0.1, 0.15) is 58.8 Å². The van der Waals surface area contributed by atoms with E-state index in [1.807, 2.05) is 0 Å². The van der Waals surface area contributed by atoms with Crippen LogP contribution < -0.4 is 0 Å². The van der Waals surface area contributed by atoms with Crippen LogP contribution in [0.3, 0.4) is 0 Å². The van der Waals surface area contributed by atoms with Crippen molar-refractivity contribution in [3.63, 3.8) is 0 Å². The minimum atomic E-state index is 0.390. The quantitative estimate of drug-likeness (QED) is 0.733. The van der Waals surface area contributed by atoms with Gasteiger partial charge in [0.05, 0.1) is 6.54 Å². The molecule has 0 unspecified atom stereocenters. The lowest BCUT2D eigenvalue weighted by Crippen LogP contribution is -2.47. The van der Waals surface area contributed by atoms with Gasteiger partial charge in [-0.05, 0) is 39.5 Å². The van der Waals surface area contributed by atoms with Gasteiger partial charge in [0, 0.05) is 18.0 Å². The highest BCUT2D eigenvalue weighted by Gasteiger charge is 2.30. The van der Waals surface area contributed by atoms with Crippen molar-refractivity contribution in [1.82, 2.24) is 4.90 Å². The molecule has 0 aromatic carbocycles. The molecule has 0 bridgehead atoms. The summed E-state index contributed by atoms with van der Waals surface area (Å²) in [7, 11) is 0. The highest BCUT2D eigenvalue weighted by molar-refractivity contribution is 5.83. The SMILES string of the molecule is C[C@@H]1CCC[C@H](C)N1CC(=O)C1CCCC1. The first-order chi connectivity index (χ1) is 7.68. The number of Topliss-reactive ketones (excluding diaryl/α,β-unsaturated/α-hetero) is 1. The lowest BCUT2D eigenvalue weighted by molar-refractivity contribution is -0.125. The molecule has 2 rings (SSSR count). The van der Waals surface area contributed by atoms with E-state index in [-0.39, 0.29) is 0 Å². The van der Waals surface area contributed by atoms with E-state index in [0.717, 1.165) is 12.8 Å². The number of carbonyl (C=O) groups is 1. The van der Waals surface area contributed by atoms with Crippen molar-refractivity contribution < 1.29 is 4.79 Å². The van der Waals surface area contributed by atoms with Gasteiger partial charge in [-0.25, -0.2) is 0 Å². The van der Waals surface area contributed by atoms with E-state index in [1.165, 1.54) is 32.1 Å². The third kappa shape index (κ3) is 2.65. The molecule has 1 saturated heterocycles. The van der Waals surface area contributed by atoms with Gasteiger partial charge in [-0.1, -0.05) is 19.3 Å². The van der Waals surface area contributed by atoms with E-state index in [2.05, 4.69) is 18.7 Å². The molecule has 0 amide bonds. The number of rotatable bonds is 3. The van der Waals surface area contributed by atoms with Crippen LogP contribution in [0, 0.1) is 5.92 Å². The van der Waals surface area contributed by atoms with Gasteiger partial charge in [0.25, 0.3) is 0 Å². The molecule has 2 aliphatic rings. The highest BCUT2D eigenvalue weighted by atomic mass is 16.1. The summed E-state index contributed by atoms with van der Waals surface area (Å²) in [4.78, 5) is 14.6. The van der Waals surface area contributed by atoms with E-state index < -0.39 is 0 Å². The van der Waals surface area contributed by atoms with Crippen LogP contribution in [-0.4, -0.2) is 29.3 Å². The smallest absolute Gasteiger partial charge is 0.149 e. The number of ketones is 1. The van der Waals surface area contributed by atoms with Crippen molar-refractivity contribution in [3.05, 3.63) is 0 Å². The summed E-state index contributed by atoms with van der Waals surface area (Å²) in [5.41, 5.74) is 0. The molecule has 0 aromatic rings. The molecular weight excluding hydrogens is 198 g/mol. The number of hydrogen-bond acceptors (Lipinski definition) is 2. The highest BCUT2D eigenvalue weighted by Crippen LogP contribution is 2.28. The number of carbonyl (C=O) groups excluding carboxylic acids is 1. The van der Waals surface area contributed by atoms with Gasteiger partial charge < -0.3 is 0 Å². The van der Waals surface area contributed by atoms with E-state index >= 15 is 0 Å². The summed E-state index contributed by atoms with van der Waals surface area (Å²) in [6.45, 7) is 5.27. The predicted molar refractivity (Wildman–Crippen MR) is 66.4 cm³/mol. The topological polar surface area (TPSA) is 20.3 Å². The lowest BCUT2D eigenvalue weighted by atomic mass is 9.95. The van der Waals surface area contributed by atoms with E-state index in [1.54, 1.807) is 0 Å². The summed E-state index contributed by atoms with van der Waals surface area (Å²) in [6.07, 6.45) is 8.69. The molecule has 1 aliphatic heterocycles. The monoisotopic (exact) mass is 223 g/mol. The maximum Gasteiger partial charge on any atom is 0.149 e. The Kier molecular flexibility index (Phi) is 4.01. The fraction of sp³-hybridized carbons (Fsp3) is 0.929. The van der Waals surface area contributed by atoms with Crippen LogP contribution in [0.2, 0.25) is 0 Å². The number of hydrogen-bond donors (Lipinski definition) is 0. The first kappa shape index (κ1) is 12.1. The third-order valence-electron chi connectivity index (χ3n) is 4.53. The molecule has 1 aliphatic carbocycles. The van der Waals surface area contributed by atoms with Crippen molar-refractivity contribution in [2.45, 2.75) is 70.9 Å². The maximum absolute atomic E-state index is 12.2. The number of likely N-dealkylation sites (tertiary alicyclic amines) is 1. The molecule has 2 fully saturated rings. The molecule has 92 valence electrons. The van der Waals surface area contributed by atoms with Crippen LogP contribution in [0.4, 0.5) is 0 Å². The van der Waals surface area contributed by atoms with Crippen LogP contribution in [0.5, 0.6) is 0 Å². The summed E-state index contributed by atoms with van der Waals surface area (Å²) < 4.78 is 0. The Hall–Kier alpha value is -0.370. The first-order valence-electron chi connectivity index (χ1n) is 6.97. The third-order valence-corrected chi connectivity index (χ3v) is 4.53. The molecule has 0 spiro atoms. The van der Waals surface area contributed by atoms with Crippen molar-refractivity contribution in [1.29, 1.82) is 0 Å². The van der Waals surface area contributed by atoms with Crippen LogP contribution >= 0.6 is 0 Å². The Labute approximate surface area is 99.4 Å². The Morgan fingerprint density at radius 3 is 2.12 bits per heavy atom. The molecule has 1 heterocycles. The van der Waals surface area contributed by atoms with E-state index in [4.69, 9.17) is 0 Å². The molecule has 2 nitrogen and oxygen atoms in total. The minimum Gasteiger partial charge on any atom is -0.298 e. The summed E-state index contributed by atoms with van der Waals surface area (Å²) in [6, 6.07) is 1.21. The van der Waals surface area contributed by atoms with Crippen LogP contribution in [0.15, 0.2) is 0 Å². The molecule has 0 N–H and O–H groups in total. The lowest BCUT2D eigenvalue weighted by Gasteiger charge is -2.38. The van der Waals surface area contributed by atoms with Crippen molar-refractivity contribution in [2.24, 2.45) is 5.92 Å². The second-order valence-electron chi connectivity index (χ2n) is 5.75. The van der Waals surface area contributed by atoms with E-state index in [9.17, 15) is 4.79 Å². The van der Waals surface area contributed by atoms with E-state index in [0.29, 0.717) is 30.3 Å². The fourth-order valence-electron chi connectivity index (χ4n) is 3.34. The molecular formula is C14H25NO. The number of nitrogens with zero attached hydrogens (tertiary/aromatic N) is 1. The molecule has 16 heavy (non-hydrogen) atoms. The Morgan fingerprint density at radius 2 is 1.56 bits per heavy atom. The summed E-state index contributed by atoms with van der Waals surface area (Å²) in [5.74, 6) is 0.902. The van der Waals surface area contributed by atoms with Gasteiger partial charge in [-0.3, -0.25) is 9.69 Å². The fourth-order valence-corrected chi connectivity index (χ4v) is 3.34. The Morgan fingerprint density at radius 1 is 1.00 bits per heavy atom. The Balaban J connectivity index is 1.88. The average Bonchev–Trinajstić information content (AvgIpc) is 2.76. The van der Waals surface area contributed by atoms with Gasteiger partial charge in [-0.2, -0.15) is 0 Å². The van der Waals surface area contributed by atoms with Crippen LogP contribution in [-0.2, 0) is 4.79 Å². The molecule has 2 atom stereocenters. The van der Waals surface area contributed by atoms with Crippen molar-refractivity contribution in [3.8, 4) is 0 Å². The maximum atomic E-state index is 12.2. The number of piperidine rings is 1. The average molecular weight is 223 g/mol.